The van der Waals surface area contributed by atoms with Crippen LogP contribution >= 0.6 is 0 Å². The molecule has 29 heavy (non-hydrogen) atoms. The predicted molar refractivity (Wildman–Crippen MR) is 118 cm³/mol. The van der Waals surface area contributed by atoms with Gasteiger partial charge in [0.05, 0.1) is 12.1 Å². The van der Waals surface area contributed by atoms with Gasteiger partial charge in [-0.15, -0.1) is 0 Å². The highest BCUT2D eigenvalue weighted by Gasteiger charge is 2.26. The molecule has 0 aliphatic carbocycles. The Labute approximate surface area is 174 Å². The smallest absolute Gasteiger partial charge is 0.251 e. The number of anilines is 1. The minimum Gasteiger partial charge on any atom is -0.392 e. The summed E-state index contributed by atoms with van der Waals surface area (Å²) < 4.78 is 0. The number of hydrogen-bond donors (Lipinski definition) is 2. The number of likely N-dealkylation sites (tertiary alicyclic amines) is 1. The summed E-state index contributed by atoms with van der Waals surface area (Å²) in [4.78, 5) is 16.9. The Balaban J connectivity index is 1.76. The molecule has 0 bridgehead atoms. The van der Waals surface area contributed by atoms with E-state index in [-0.39, 0.29) is 24.1 Å². The molecule has 3 atom stereocenters. The molecule has 5 heteroatoms. The van der Waals surface area contributed by atoms with E-state index in [1.54, 1.807) is 0 Å². The van der Waals surface area contributed by atoms with Crippen LogP contribution in [-0.2, 0) is 0 Å². The first kappa shape index (κ1) is 21.3. The van der Waals surface area contributed by atoms with E-state index in [1.165, 1.54) is 5.56 Å². The fourth-order valence-corrected chi connectivity index (χ4v) is 3.79. The lowest BCUT2D eigenvalue weighted by molar-refractivity contribution is 0.0939. The molecular formula is C24H33N3O2. The number of amides is 1. The van der Waals surface area contributed by atoms with Crippen molar-refractivity contribution in [3.05, 3.63) is 65.7 Å². The lowest BCUT2D eigenvalue weighted by atomic mass is 10.0. The van der Waals surface area contributed by atoms with Crippen LogP contribution in [0.25, 0.3) is 0 Å². The van der Waals surface area contributed by atoms with Crippen molar-refractivity contribution in [1.82, 2.24) is 10.2 Å². The maximum atomic E-state index is 12.4. The van der Waals surface area contributed by atoms with Gasteiger partial charge in [0.15, 0.2) is 0 Å². The van der Waals surface area contributed by atoms with E-state index in [0.717, 1.165) is 38.2 Å². The number of β-amino-alcohol motifs (C(OH)–C–C–N with tert-alkyl or cyclic N) is 1. The van der Waals surface area contributed by atoms with E-state index >= 15 is 0 Å². The number of aliphatic hydroxyl groups excluding tert-OH is 1. The Morgan fingerprint density at radius 2 is 1.90 bits per heavy atom. The molecule has 0 saturated carbocycles. The predicted octanol–water partition coefficient (Wildman–Crippen LogP) is 3.46. The van der Waals surface area contributed by atoms with E-state index in [1.807, 2.05) is 37.3 Å². The first-order valence-electron chi connectivity index (χ1n) is 10.6. The molecule has 1 aliphatic rings. The second-order valence-electron chi connectivity index (χ2n) is 8.07. The monoisotopic (exact) mass is 395 g/mol. The molecule has 0 spiro atoms. The molecule has 1 amide bonds. The van der Waals surface area contributed by atoms with Crippen molar-refractivity contribution in [2.24, 2.45) is 0 Å². The average molecular weight is 396 g/mol. The highest BCUT2D eigenvalue weighted by Crippen LogP contribution is 2.28. The third-order valence-electron chi connectivity index (χ3n) is 5.86. The Bertz CT molecular complexity index is 778. The van der Waals surface area contributed by atoms with E-state index < -0.39 is 0 Å². The van der Waals surface area contributed by atoms with Gasteiger partial charge in [-0.3, -0.25) is 9.69 Å². The van der Waals surface area contributed by atoms with Crippen molar-refractivity contribution in [3.63, 3.8) is 0 Å². The number of aliphatic hydroxyl groups is 1. The number of rotatable bonds is 8. The molecule has 0 radical (unpaired) electrons. The normalized spacial score (nSPS) is 19.0. The van der Waals surface area contributed by atoms with Crippen LogP contribution in [0.5, 0.6) is 0 Å². The maximum absolute atomic E-state index is 12.4. The molecule has 156 valence electrons. The van der Waals surface area contributed by atoms with Crippen molar-refractivity contribution in [2.75, 3.05) is 31.6 Å². The Kier molecular flexibility index (Phi) is 7.29. The quantitative estimate of drug-likeness (QED) is 0.719. The highest BCUT2D eigenvalue weighted by atomic mass is 16.3. The van der Waals surface area contributed by atoms with Crippen LogP contribution in [0.4, 0.5) is 5.69 Å². The Morgan fingerprint density at radius 1 is 1.21 bits per heavy atom. The zero-order chi connectivity index (χ0) is 20.8. The van der Waals surface area contributed by atoms with E-state index in [0.29, 0.717) is 5.56 Å². The van der Waals surface area contributed by atoms with Crippen LogP contribution in [0.15, 0.2) is 54.6 Å². The van der Waals surface area contributed by atoms with Gasteiger partial charge in [-0.2, -0.15) is 0 Å². The molecule has 1 heterocycles. The standard InChI is InChI=1S/C24H33N3O2/c1-4-18(2)25-24(29)20-10-12-21(13-11-20)26(3)23(19-8-6-5-7-9-19)17-27-15-14-22(28)16-27/h5-13,18,22-23,28H,4,14-17H2,1-3H3,(H,25,29)/t18-,22-,23+/m0/s1. The van der Waals surface area contributed by atoms with Crippen molar-refractivity contribution >= 4 is 11.6 Å². The first-order chi connectivity index (χ1) is 14.0. The van der Waals surface area contributed by atoms with Crippen LogP contribution in [0.3, 0.4) is 0 Å². The summed E-state index contributed by atoms with van der Waals surface area (Å²) in [6, 6.07) is 18.6. The van der Waals surface area contributed by atoms with Crippen molar-refractivity contribution in [2.45, 2.75) is 44.9 Å². The maximum Gasteiger partial charge on any atom is 0.251 e. The van der Waals surface area contributed by atoms with Crippen LogP contribution in [0.2, 0.25) is 0 Å². The molecule has 1 fully saturated rings. The summed E-state index contributed by atoms with van der Waals surface area (Å²) in [5, 5.41) is 12.9. The third-order valence-corrected chi connectivity index (χ3v) is 5.86. The molecule has 2 aromatic rings. The fourth-order valence-electron chi connectivity index (χ4n) is 3.79. The number of carbonyl (C=O) groups is 1. The van der Waals surface area contributed by atoms with E-state index in [4.69, 9.17) is 0 Å². The fraction of sp³-hybridized carbons (Fsp3) is 0.458. The minimum absolute atomic E-state index is 0.0285. The molecule has 1 aliphatic heterocycles. The van der Waals surface area contributed by atoms with Crippen LogP contribution in [0.1, 0.15) is 48.7 Å². The Hall–Kier alpha value is -2.37. The summed E-state index contributed by atoms with van der Waals surface area (Å²) in [5.41, 5.74) is 3.00. The summed E-state index contributed by atoms with van der Waals surface area (Å²) in [5.74, 6) is -0.0285. The van der Waals surface area contributed by atoms with Crippen molar-refractivity contribution < 1.29 is 9.90 Å². The average Bonchev–Trinajstić information content (AvgIpc) is 3.17. The number of nitrogens with zero attached hydrogens (tertiary/aromatic N) is 2. The van der Waals surface area contributed by atoms with E-state index in [2.05, 4.69) is 53.4 Å². The number of carbonyl (C=O) groups excluding carboxylic acids is 1. The minimum atomic E-state index is -0.222. The van der Waals surface area contributed by atoms with Gasteiger partial charge in [-0.1, -0.05) is 37.3 Å². The van der Waals surface area contributed by atoms with Gasteiger partial charge in [0.2, 0.25) is 0 Å². The Morgan fingerprint density at radius 3 is 2.48 bits per heavy atom. The second-order valence-corrected chi connectivity index (χ2v) is 8.07. The summed E-state index contributed by atoms with van der Waals surface area (Å²) in [7, 11) is 2.10. The zero-order valence-corrected chi connectivity index (χ0v) is 17.7. The van der Waals surface area contributed by atoms with Gasteiger partial charge in [0.25, 0.3) is 5.91 Å². The lowest BCUT2D eigenvalue weighted by Gasteiger charge is -2.33. The topological polar surface area (TPSA) is 55.8 Å². The molecular weight excluding hydrogens is 362 g/mol. The molecule has 5 nitrogen and oxygen atoms in total. The largest absolute Gasteiger partial charge is 0.392 e. The number of likely N-dealkylation sites (N-methyl/N-ethyl adjacent to an activating group) is 1. The number of benzene rings is 2. The lowest BCUT2D eigenvalue weighted by Crippen LogP contribution is -2.36. The van der Waals surface area contributed by atoms with Gasteiger partial charge in [0.1, 0.15) is 0 Å². The molecule has 0 aromatic heterocycles. The van der Waals surface area contributed by atoms with E-state index in [9.17, 15) is 9.90 Å². The molecule has 2 aromatic carbocycles. The molecule has 3 rings (SSSR count). The summed E-state index contributed by atoms with van der Waals surface area (Å²) in [6.07, 6.45) is 1.53. The number of nitrogens with one attached hydrogen (secondary N) is 1. The summed E-state index contributed by atoms with van der Waals surface area (Å²) in [6.45, 7) is 6.58. The zero-order valence-electron chi connectivity index (χ0n) is 17.7. The first-order valence-corrected chi connectivity index (χ1v) is 10.6. The molecule has 0 unspecified atom stereocenters. The van der Waals surface area contributed by atoms with Gasteiger partial charge in [-0.25, -0.2) is 0 Å². The second kappa shape index (κ2) is 9.90. The molecule has 1 saturated heterocycles. The number of hydrogen-bond acceptors (Lipinski definition) is 4. The van der Waals surface area contributed by atoms with Crippen molar-refractivity contribution in [1.29, 1.82) is 0 Å². The van der Waals surface area contributed by atoms with Gasteiger partial charge in [-0.05, 0) is 49.6 Å². The molecule has 2 N–H and O–H groups in total. The third kappa shape index (κ3) is 5.58. The van der Waals surface area contributed by atoms with Gasteiger partial charge < -0.3 is 15.3 Å². The SMILES string of the molecule is CC[C@H](C)NC(=O)c1ccc(N(C)[C@H](CN2CC[C@H](O)C2)c2ccccc2)cc1. The summed E-state index contributed by atoms with van der Waals surface area (Å²) >= 11 is 0. The van der Waals surface area contributed by atoms with Gasteiger partial charge >= 0.3 is 0 Å². The van der Waals surface area contributed by atoms with Crippen LogP contribution in [-0.4, -0.2) is 54.7 Å². The van der Waals surface area contributed by atoms with Crippen molar-refractivity contribution in [3.8, 4) is 0 Å². The van der Waals surface area contributed by atoms with Crippen LogP contribution < -0.4 is 10.2 Å². The highest BCUT2D eigenvalue weighted by molar-refractivity contribution is 5.94. The van der Waals surface area contributed by atoms with Gasteiger partial charge in [0, 0.05) is 44.0 Å². The van der Waals surface area contributed by atoms with Crippen LogP contribution in [0, 0.1) is 0 Å².